The average molecular weight is 215 g/mol. The van der Waals surface area contributed by atoms with Crippen LogP contribution in [0.1, 0.15) is 12.8 Å². The molecule has 1 fully saturated rings. The molecule has 0 bridgehead atoms. The molecule has 1 saturated heterocycles. The number of imidazole rings is 1. The van der Waals surface area contributed by atoms with Crippen LogP contribution in [0, 0.1) is 0 Å². The van der Waals surface area contributed by atoms with Crippen molar-refractivity contribution in [2.24, 2.45) is 0 Å². The zero-order chi connectivity index (χ0) is 10.8. The molecule has 0 atom stereocenters. The topological polar surface area (TPSA) is 46.8 Å². The van der Waals surface area contributed by atoms with Crippen molar-refractivity contribution in [3.63, 3.8) is 0 Å². The predicted molar refractivity (Wildman–Crippen MR) is 60.6 cm³/mol. The monoisotopic (exact) mass is 215 g/mol. The summed E-state index contributed by atoms with van der Waals surface area (Å²) in [5.41, 5.74) is 0. The first-order chi connectivity index (χ1) is 7.93. The van der Waals surface area contributed by atoms with Gasteiger partial charge in [-0.3, -0.25) is 4.57 Å². The molecule has 0 unspecified atom stereocenters. The largest absolute Gasteiger partial charge is 0.341 e. The minimum Gasteiger partial charge on any atom is -0.341 e. The highest BCUT2D eigenvalue weighted by Crippen LogP contribution is 2.16. The van der Waals surface area contributed by atoms with Crippen LogP contribution < -0.4 is 4.90 Å². The lowest BCUT2D eigenvalue weighted by molar-refractivity contribution is 0.875. The molecule has 1 aliphatic rings. The first-order valence-electron chi connectivity index (χ1n) is 5.50. The van der Waals surface area contributed by atoms with E-state index < -0.39 is 0 Å². The average Bonchev–Trinajstić information content (AvgIpc) is 3.03. The molecule has 0 aromatic carbocycles. The molecule has 0 spiro atoms. The summed E-state index contributed by atoms with van der Waals surface area (Å²) in [5.74, 6) is 1.69. The Labute approximate surface area is 93.8 Å². The van der Waals surface area contributed by atoms with Crippen LogP contribution in [0.3, 0.4) is 0 Å². The van der Waals surface area contributed by atoms with Crippen LogP contribution in [0.5, 0.6) is 0 Å². The van der Waals surface area contributed by atoms with Crippen molar-refractivity contribution in [3.05, 3.63) is 31.0 Å². The van der Waals surface area contributed by atoms with E-state index in [0.717, 1.165) is 24.9 Å². The van der Waals surface area contributed by atoms with Crippen molar-refractivity contribution in [2.45, 2.75) is 12.8 Å². The maximum atomic E-state index is 4.54. The highest BCUT2D eigenvalue weighted by molar-refractivity contribution is 5.35. The van der Waals surface area contributed by atoms with E-state index >= 15 is 0 Å². The fourth-order valence-corrected chi connectivity index (χ4v) is 1.95. The van der Waals surface area contributed by atoms with Gasteiger partial charge in [0.25, 0.3) is 0 Å². The van der Waals surface area contributed by atoms with Crippen LogP contribution in [-0.2, 0) is 0 Å². The van der Waals surface area contributed by atoms with Crippen LogP contribution in [0.15, 0.2) is 31.0 Å². The standard InChI is InChI=1S/C11H13N5/c1-2-7-15(6-1)11-13-4-3-10(14-11)16-8-5-12-9-16/h3-5,8-9H,1-2,6-7H2. The van der Waals surface area contributed by atoms with E-state index in [1.807, 2.05) is 16.8 Å². The van der Waals surface area contributed by atoms with Gasteiger partial charge in [-0.25, -0.2) is 9.97 Å². The summed E-state index contributed by atoms with van der Waals surface area (Å²) in [4.78, 5) is 15.1. The Bertz CT molecular complexity index is 459. The fraction of sp³-hybridized carbons (Fsp3) is 0.364. The number of hydrogen-bond acceptors (Lipinski definition) is 4. The molecular formula is C11H13N5. The van der Waals surface area contributed by atoms with Gasteiger partial charge >= 0.3 is 0 Å². The van der Waals surface area contributed by atoms with Gasteiger partial charge in [0.15, 0.2) is 0 Å². The molecular weight excluding hydrogens is 202 g/mol. The Balaban J connectivity index is 1.93. The predicted octanol–water partition coefficient (Wildman–Crippen LogP) is 1.26. The molecule has 3 rings (SSSR count). The second-order valence-electron chi connectivity index (χ2n) is 3.88. The van der Waals surface area contributed by atoms with Crippen LogP contribution in [0.4, 0.5) is 5.95 Å². The highest BCUT2D eigenvalue weighted by Gasteiger charge is 2.15. The Morgan fingerprint density at radius 3 is 2.75 bits per heavy atom. The molecule has 0 radical (unpaired) electrons. The van der Waals surface area contributed by atoms with Crippen molar-refractivity contribution in [3.8, 4) is 5.82 Å². The first-order valence-corrected chi connectivity index (χ1v) is 5.50. The molecule has 0 N–H and O–H groups in total. The summed E-state index contributed by atoms with van der Waals surface area (Å²) in [6.07, 6.45) is 9.65. The number of anilines is 1. The number of rotatable bonds is 2. The fourth-order valence-electron chi connectivity index (χ4n) is 1.95. The SMILES string of the molecule is c1cn(-c2ccnc(N3CCCC3)n2)cn1. The van der Waals surface area contributed by atoms with Gasteiger partial charge in [0.2, 0.25) is 5.95 Å². The van der Waals surface area contributed by atoms with E-state index in [1.165, 1.54) is 12.8 Å². The smallest absolute Gasteiger partial charge is 0.227 e. The van der Waals surface area contributed by atoms with Crippen LogP contribution in [0.2, 0.25) is 0 Å². The molecule has 2 aromatic rings. The van der Waals surface area contributed by atoms with Crippen LogP contribution in [-0.4, -0.2) is 32.6 Å². The van der Waals surface area contributed by atoms with E-state index in [9.17, 15) is 0 Å². The van der Waals surface area contributed by atoms with Crippen LogP contribution >= 0.6 is 0 Å². The zero-order valence-corrected chi connectivity index (χ0v) is 8.95. The minimum absolute atomic E-state index is 0.823. The molecule has 0 saturated carbocycles. The van der Waals surface area contributed by atoms with Gasteiger partial charge in [-0.2, -0.15) is 4.98 Å². The van der Waals surface area contributed by atoms with E-state index in [-0.39, 0.29) is 0 Å². The number of nitrogens with zero attached hydrogens (tertiary/aromatic N) is 5. The highest BCUT2D eigenvalue weighted by atomic mass is 15.3. The maximum Gasteiger partial charge on any atom is 0.227 e. The molecule has 16 heavy (non-hydrogen) atoms. The number of hydrogen-bond donors (Lipinski definition) is 0. The maximum absolute atomic E-state index is 4.54. The van der Waals surface area contributed by atoms with Gasteiger partial charge in [0.1, 0.15) is 12.1 Å². The van der Waals surface area contributed by atoms with E-state index in [1.54, 1.807) is 18.7 Å². The van der Waals surface area contributed by atoms with Gasteiger partial charge in [-0.1, -0.05) is 0 Å². The summed E-state index contributed by atoms with van der Waals surface area (Å²) in [6.45, 7) is 2.13. The zero-order valence-electron chi connectivity index (χ0n) is 8.95. The van der Waals surface area contributed by atoms with E-state index in [2.05, 4.69) is 19.9 Å². The number of aromatic nitrogens is 4. The minimum atomic E-state index is 0.823. The van der Waals surface area contributed by atoms with Crippen molar-refractivity contribution < 1.29 is 0 Å². The molecule has 2 aromatic heterocycles. The molecule has 5 heteroatoms. The third-order valence-electron chi connectivity index (χ3n) is 2.79. The van der Waals surface area contributed by atoms with Crippen molar-refractivity contribution in [2.75, 3.05) is 18.0 Å². The van der Waals surface area contributed by atoms with Crippen molar-refractivity contribution in [1.82, 2.24) is 19.5 Å². The molecule has 0 aliphatic carbocycles. The van der Waals surface area contributed by atoms with E-state index in [0.29, 0.717) is 0 Å². The van der Waals surface area contributed by atoms with Crippen LogP contribution in [0.25, 0.3) is 5.82 Å². The second kappa shape index (κ2) is 3.92. The summed E-state index contributed by atoms with van der Waals surface area (Å²) < 4.78 is 1.89. The second-order valence-corrected chi connectivity index (χ2v) is 3.88. The quantitative estimate of drug-likeness (QED) is 0.756. The molecule has 3 heterocycles. The van der Waals surface area contributed by atoms with Crippen molar-refractivity contribution in [1.29, 1.82) is 0 Å². The Morgan fingerprint density at radius 2 is 2.00 bits per heavy atom. The Hall–Kier alpha value is -1.91. The Kier molecular flexibility index (Phi) is 2.29. The van der Waals surface area contributed by atoms with Crippen molar-refractivity contribution >= 4 is 5.95 Å². The first kappa shape index (κ1) is 9.33. The Morgan fingerprint density at radius 1 is 1.12 bits per heavy atom. The summed E-state index contributed by atoms with van der Waals surface area (Å²) in [6, 6.07) is 1.89. The summed E-state index contributed by atoms with van der Waals surface area (Å²) >= 11 is 0. The normalized spacial score (nSPS) is 15.6. The lowest BCUT2D eigenvalue weighted by atomic mass is 10.4. The molecule has 82 valence electrons. The third-order valence-corrected chi connectivity index (χ3v) is 2.79. The van der Waals surface area contributed by atoms with Gasteiger partial charge in [0, 0.05) is 31.7 Å². The van der Waals surface area contributed by atoms with Gasteiger partial charge in [0.05, 0.1) is 0 Å². The van der Waals surface area contributed by atoms with E-state index in [4.69, 9.17) is 0 Å². The van der Waals surface area contributed by atoms with Gasteiger partial charge < -0.3 is 4.90 Å². The lowest BCUT2D eigenvalue weighted by Crippen LogP contribution is -2.20. The molecule has 5 nitrogen and oxygen atoms in total. The molecule has 1 aliphatic heterocycles. The summed E-state index contributed by atoms with van der Waals surface area (Å²) in [7, 11) is 0. The lowest BCUT2D eigenvalue weighted by Gasteiger charge is -2.15. The van der Waals surface area contributed by atoms with Gasteiger partial charge in [-0.15, -0.1) is 0 Å². The van der Waals surface area contributed by atoms with Gasteiger partial charge in [-0.05, 0) is 18.9 Å². The molecule has 0 amide bonds. The third kappa shape index (κ3) is 1.64. The summed E-state index contributed by atoms with van der Waals surface area (Å²) in [5, 5.41) is 0.